The second kappa shape index (κ2) is 5.95. The molecule has 2 aromatic rings. The molecular weight excluding hydrogens is 292 g/mol. The minimum Gasteiger partial charge on any atom is -0.389 e. The highest BCUT2D eigenvalue weighted by molar-refractivity contribution is 7.99. The number of benzene rings is 1. The number of hydrogen-bond donors (Lipinski definition) is 2. The molecule has 0 amide bonds. The highest BCUT2D eigenvalue weighted by Gasteiger charge is 2.13. The van der Waals surface area contributed by atoms with Crippen molar-refractivity contribution in [1.29, 1.82) is 5.26 Å². The van der Waals surface area contributed by atoms with Crippen molar-refractivity contribution in [3.63, 3.8) is 0 Å². The summed E-state index contributed by atoms with van der Waals surface area (Å²) in [6.07, 6.45) is -0.736. The average Bonchev–Trinajstić information content (AvgIpc) is 2.44. The lowest BCUT2D eigenvalue weighted by Gasteiger charge is -2.12. The van der Waals surface area contributed by atoms with Gasteiger partial charge in [0.05, 0.1) is 17.7 Å². The molecule has 0 bridgehead atoms. The summed E-state index contributed by atoms with van der Waals surface area (Å²) in [5.41, 5.74) is -0.648. The molecule has 2 N–H and O–H groups in total. The number of nitriles is 1. The molecule has 0 spiro atoms. The summed E-state index contributed by atoms with van der Waals surface area (Å²) in [5.74, 6) is 0. The molecule has 2 rings (SSSR count). The zero-order chi connectivity index (χ0) is 15.6. The van der Waals surface area contributed by atoms with Crippen molar-refractivity contribution in [1.82, 2.24) is 14.8 Å². The van der Waals surface area contributed by atoms with Gasteiger partial charge in [-0.3, -0.25) is 19.4 Å². The molecule has 0 unspecified atom stereocenters. The first-order chi connectivity index (χ1) is 9.92. The summed E-state index contributed by atoms with van der Waals surface area (Å²) in [7, 11) is 1.55. The molecule has 1 heterocycles. The molecule has 0 aliphatic heterocycles. The summed E-state index contributed by atoms with van der Waals surface area (Å²) >= 11 is 1.09. The third kappa shape index (κ3) is 3.21. The highest BCUT2D eigenvalue weighted by Crippen LogP contribution is 2.32. The fraction of sp³-hybridized carbons (Fsp3) is 0.231. The van der Waals surface area contributed by atoms with Gasteiger partial charge in [-0.05, 0) is 36.4 Å². The van der Waals surface area contributed by atoms with Crippen LogP contribution >= 0.6 is 11.8 Å². The van der Waals surface area contributed by atoms with Gasteiger partial charge in [-0.25, -0.2) is 0 Å². The quantitative estimate of drug-likeness (QED) is 0.801. The number of aliphatic hydroxyl groups excluding tert-OH is 1. The Hall–Kier alpha value is -2.37. The Morgan fingerprint density at radius 1 is 1.48 bits per heavy atom. The van der Waals surface area contributed by atoms with Gasteiger partial charge in [0.1, 0.15) is 0 Å². The standard InChI is InChI=1S/C13H12N4O3S/c1-7(18)9-4-3-8(6-14)5-10(9)21-13-15-11(19)12(20)16-17(13)2/h3-5,7,18H,1-2H3,(H,16,20)/t7-/m1/s1. The fourth-order valence-corrected chi connectivity index (χ4v) is 2.74. The molecule has 0 fully saturated rings. The molecule has 1 aromatic carbocycles. The van der Waals surface area contributed by atoms with Crippen LogP contribution in [0.3, 0.4) is 0 Å². The Morgan fingerprint density at radius 2 is 2.19 bits per heavy atom. The van der Waals surface area contributed by atoms with Crippen LogP contribution in [0.2, 0.25) is 0 Å². The van der Waals surface area contributed by atoms with Gasteiger partial charge in [-0.2, -0.15) is 10.2 Å². The van der Waals surface area contributed by atoms with Gasteiger partial charge in [0.25, 0.3) is 0 Å². The van der Waals surface area contributed by atoms with E-state index in [0.29, 0.717) is 16.0 Å². The molecule has 0 saturated carbocycles. The van der Waals surface area contributed by atoms with E-state index in [0.717, 1.165) is 11.8 Å². The summed E-state index contributed by atoms with van der Waals surface area (Å²) in [6, 6.07) is 6.86. The van der Waals surface area contributed by atoms with Crippen LogP contribution in [0.1, 0.15) is 24.2 Å². The zero-order valence-corrected chi connectivity index (χ0v) is 12.1. The van der Waals surface area contributed by atoms with E-state index in [4.69, 9.17) is 5.26 Å². The molecule has 1 atom stereocenters. The normalized spacial score (nSPS) is 11.9. The van der Waals surface area contributed by atoms with E-state index in [1.165, 1.54) is 4.68 Å². The molecule has 1 aromatic heterocycles. The molecule has 108 valence electrons. The van der Waals surface area contributed by atoms with E-state index in [1.807, 2.05) is 6.07 Å². The Kier molecular flexibility index (Phi) is 4.26. The summed E-state index contributed by atoms with van der Waals surface area (Å²) < 4.78 is 1.32. The number of aromatic nitrogens is 3. The summed E-state index contributed by atoms with van der Waals surface area (Å²) in [4.78, 5) is 26.8. The van der Waals surface area contributed by atoms with E-state index in [2.05, 4.69) is 10.1 Å². The molecule has 0 saturated heterocycles. The van der Waals surface area contributed by atoms with Crippen LogP contribution in [0, 0.1) is 11.3 Å². The van der Waals surface area contributed by atoms with E-state index in [1.54, 1.807) is 32.2 Å². The Balaban J connectivity index is 2.53. The smallest absolute Gasteiger partial charge is 0.339 e. The number of aliphatic hydroxyl groups is 1. The van der Waals surface area contributed by atoms with Crippen molar-refractivity contribution >= 4 is 11.8 Å². The largest absolute Gasteiger partial charge is 0.389 e. The highest BCUT2D eigenvalue weighted by atomic mass is 32.2. The summed E-state index contributed by atoms with van der Waals surface area (Å²) in [6.45, 7) is 1.60. The first-order valence-electron chi connectivity index (χ1n) is 5.99. The maximum atomic E-state index is 11.3. The minimum atomic E-state index is -0.884. The Bertz CT molecular complexity index is 833. The van der Waals surface area contributed by atoms with Gasteiger partial charge in [0, 0.05) is 11.9 Å². The monoisotopic (exact) mass is 304 g/mol. The molecule has 0 aliphatic rings. The van der Waals surface area contributed by atoms with E-state index in [-0.39, 0.29) is 5.16 Å². The first kappa shape index (κ1) is 15.0. The lowest BCUT2D eigenvalue weighted by molar-refractivity contribution is 0.196. The van der Waals surface area contributed by atoms with Crippen molar-refractivity contribution in [2.24, 2.45) is 7.05 Å². The van der Waals surface area contributed by atoms with Crippen molar-refractivity contribution < 1.29 is 5.11 Å². The van der Waals surface area contributed by atoms with Gasteiger partial charge in [-0.1, -0.05) is 6.07 Å². The predicted molar refractivity (Wildman–Crippen MR) is 76.0 cm³/mol. The fourth-order valence-electron chi connectivity index (χ4n) is 1.69. The van der Waals surface area contributed by atoms with Crippen LogP contribution in [0.4, 0.5) is 0 Å². The van der Waals surface area contributed by atoms with Crippen molar-refractivity contribution in [3.05, 3.63) is 50.0 Å². The SMILES string of the molecule is C[C@@H](O)c1ccc(C#N)cc1Sc1nc(=O)c(=O)[nH]n1C. The van der Waals surface area contributed by atoms with Crippen molar-refractivity contribution in [3.8, 4) is 6.07 Å². The molecular formula is C13H12N4O3S. The first-order valence-corrected chi connectivity index (χ1v) is 6.81. The van der Waals surface area contributed by atoms with Crippen LogP contribution in [-0.2, 0) is 7.05 Å². The predicted octanol–water partition coefficient (Wildman–Crippen LogP) is 0.545. The van der Waals surface area contributed by atoms with Crippen molar-refractivity contribution in [2.45, 2.75) is 23.1 Å². The van der Waals surface area contributed by atoms with Crippen LogP contribution < -0.4 is 11.1 Å². The summed E-state index contributed by atoms with van der Waals surface area (Å²) in [5, 5.41) is 21.3. The van der Waals surface area contributed by atoms with Gasteiger partial charge < -0.3 is 5.11 Å². The van der Waals surface area contributed by atoms with E-state index in [9.17, 15) is 14.7 Å². The Labute approximate surface area is 123 Å². The molecule has 7 nitrogen and oxygen atoms in total. The average molecular weight is 304 g/mol. The molecule has 0 radical (unpaired) electrons. The van der Waals surface area contributed by atoms with Crippen LogP contribution in [0.15, 0.2) is 37.8 Å². The Morgan fingerprint density at radius 3 is 2.81 bits per heavy atom. The minimum absolute atomic E-state index is 0.261. The second-order valence-corrected chi connectivity index (χ2v) is 5.35. The number of nitrogens with zero attached hydrogens (tertiary/aromatic N) is 3. The zero-order valence-electron chi connectivity index (χ0n) is 11.3. The van der Waals surface area contributed by atoms with Crippen molar-refractivity contribution in [2.75, 3.05) is 0 Å². The number of aromatic amines is 1. The van der Waals surface area contributed by atoms with Gasteiger partial charge >= 0.3 is 11.1 Å². The maximum Gasteiger partial charge on any atom is 0.339 e. The second-order valence-electron chi connectivity index (χ2n) is 4.34. The van der Waals surface area contributed by atoms with Crippen LogP contribution in [-0.4, -0.2) is 19.9 Å². The number of hydrogen-bond acceptors (Lipinski definition) is 6. The number of aryl methyl sites for hydroxylation is 1. The molecule has 0 aliphatic carbocycles. The molecule has 8 heteroatoms. The van der Waals surface area contributed by atoms with Crippen LogP contribution in [0.25, 0.3) is 0 Å². The van der Waals surface area contributed by atoms with Gasteiger partial charge in [0.15, 0.2) is 5.16 Å². The lowest BCUT2D eigenvalue weighted by Crippen LogP contribution is -2.33. The third-order valence-electron chi connectivity index (χ3n) is 2.74. The van der Waals surface area contributed by atoms with E-state index >= 15 is 0 Å². The number of nitrogens with one attached hydrogen (secondary N) is 1. The molecule has 21 heavy (non-hydrogen) atoms. The maximum absolute atomic E-state index is 11.3. The van der Waals surface area contributed by atoms with Gasteiger partial charge in [-0.15, -0.1) is 0 Å². The topological polar surface area (TPSA) is 112 Å². The van der Waals surface area contributed by atoms with Gasteiger partial charge in [0.2, 0.25) is 0 Å². The lowest BCUT2D eigenvalue weighted by atomic mass is 10.1. The number of H-pyrrole nitrogens is 1. The van der Waals surface area contributed by atoms with Crippen LogP contribution in [0.5, 0.6) is 0 Å². The van der Waals surface area contributed by atoms with E-state index < -0.39 is 17.2 Å². The third-order valence-corrected chi connectivity index (χ3v) is 3.86. The number of rotatable bonds is 3.